The van der Waals surface area contributed by atoms with Crippen LogP contribution in [-0.2, 0) is 0 Å². The molecule has 0 amide bonds. The standard InChI is InChI=1S/C11H10N2OS/c12-11-13-10-7-3-1-2-4-8(7)14-6-5-9(10)15-11/h1-6,9,11H,12H2. The van der Waals surface area contributed by atoms with Crippen molar-refractivity contribution in [3.8, 4) is 5.75 Å². The lowest BCUT2D eigenvalue weighted by Crippen LogP contribution is -2.11. The third-order valence-corrected chi connectivity index (χ3v) is 3.49. The van der Waals surface area contributed by atoms with Crippen molar-refractivity contribution in [3.63, 3.8) is 0 Å². The van der Waals surface area contributed by atoms with Crippen LogP contribution in [-0.4, -0.2) is 16.5 Å². The Balaban J connectivity index is 2.16. The van der Waals surface area contributed by atoms with Gasteiger partial charge in [0.25, 0.3) is 0 Å². The van der Waals surface area contributed by atoms with Crippen molar-refractivity contribution in [2.75, 3.05) is 0 Å². The van der Waals surface area contributed by atoms with Crippen LogP contribution in [0.3, 0.4) is 0 Å². The van der Waals surface area contributed by atoms with Crippen LogP contribution in [0.4, 0.5) is 0 Å². The van der Waals surface area contributed by atoms with Gasteiger partial charge >= 0.3 is 0 Å². The number of hydrogen-bond donors (Lipinski definition) is 1. The van der Waals surface area contributed by atoms with Gasteiger partial charge in [0.1, 0.15) is 11.2 Å². The predicted molar refractivity (Wildman–Crippen MR) is 62.1 cm³/mol. The summed E-state index contributed by atoms with van der Waals surface area (Å²) < 4.78 is 5.50. The average molecular weight is 218 g/mol. The van der Waals surface area contributed by atoms with Crippen molar-refractivity contribution in [2.24, 2.45) is 10.7 Å². The number of hydrogen-bond acceptors (Lipinski definition) is 4. The molecular weight excluding hydrogens is 208 g/mol. The SMILES string of the molecule is NC1N=C2c3ccccc3OC=CC2S1. The van der Waals surface area contributed by atoms with Gasteiger partial charge in [-0.2, -0.15) is 0 Å². The molecule has 76 valence electrons. The molecule has 1 aromatic rings. The fourth-order valence-corrected chi connectivity index (χ4v) is 2.73. The number of fused-ring (bicyclic) bond motifs is 3. The minimum Gasteiger partial charge on any atom is -0.465 e. The van der Waals surface area contributed by atoms with Crippen molar-refractivity contribution in [3.05, 3.63) is 42.2 Å². The molecule has 15 heavy (non-hydrogen) atoms. The Bertz CT molecular complexity index is 456. The van der Waals surface area contributed by atoms with Gasteiger partial charge in [0.05, 0.1) is 17.2 Å². The number of thioether (sulfide) groups is 1. The second kappa shape index (κ2) is 3.40. The molecule has 0 saturated heterocycles. The van der Waals surface area contributed by atoms with Crippen LogP contribution < -0.4 is 10.5 Å². The largest absolute Gasteiger partial charge is 0.465 e. The highest BCUT2D eigenvalue weighted by Gasteiger charge is 2.29. The number of benzene rings is 1. The third-order valence-electron chi connectivity index (χ3n) is 2.43. The van der Waals surface area contributed by atoms with E-state index in [-0.39, 0.29) is 10.7 Å². The van der Waals surface area contributed by atoms with Gasteiger partial charge in [0.15, 0.2) is 0 Å². The number of rotatable bonds is 0. The van der Waals surface area contributed by atoms with Gasteiger partial charge in [-0.3, -0.25) is 4.99 Å². The number of nitrogens with zero attached hydrogens (tertiary/aromatic N) is 1. The molecule has 0 saturated carbocycles. The van der Waals surface area contributed by atoms with E-state index < -0.39 is 0 Å². The molecule has 0 aromatic heterocycles. The molecule has 0 radical (unpaired) electrons. The zero-order chi connectivity index (χ0) is 10.3. The summed E-state index contributed by atoms with van der Waals surface area (Å²) >= 11 is 1.63. The smallest absolute Gasteiger partial charge is 0.145 e. The van der Waals surface area contributed by atoms with Gasteiger partial charge in [-0.05, 0) is 18.2 Å². The van der Waals surface area contributed by atoms with Crippen molar-refractivity contribution in [1.29, 1.82) is 0 Å². The summed E-state index contributed by atoms with van der Waals surface area (Å²) in [6, 6.07) is 7.91. The van der Waals surface area contributed by atoms with Crippen LogP contribution in [0.1, 0.15) is 5.56 Å². The Hall–Kier alpha value is -1.26. The summed E-state index contributed by atoms with van der Waals surface area (Å²) in [6.45, 7) is 0. The van der Waals surface area contributed by atoms with Crippen molar-refractivity contribution < 1.29 is 4.74 Å². The summed E-state index contributed by atoms with van der Waals surface area (Å²) in [5.41, 5.74) is 7.73. The Kier molecular flexibility index (Phi) is 2.04. The molecule has 3 rings (SSSR count). The molecule has 2 unspecified atom stereocenters. The highest BCUT2D eigenvalue weighted by Crippen LogP contribution is 2.34. The van der Waals surface area contributed by atoms with E-state index >= 15 is 0 Å². The van der Waals surface area contributed by atoms with Gasteiger partial charge in [-0.25, -0.2) is 0 Å². The average Bonchev–Trinajstić information content (AvgIpc) is 2.52. The highest BCUT2D eigenvalue weighted by atomic mass is 32.2. The van der Waals surface area contributed by atoms with E-state index in [2.05, 4.69) is 4.99 Å². The number of para-hydroxylation sites is 1. The first kappa shape index (κ1) is 9.00. The summed E-state index contributed by atoms with van der Waals surface area (Å²) in [4.78, 5) is 4.44. The van der Waals surface area contributed by atoms with Gasteiger partial charge in [-0.1, -0.05) is 12.1 Å². The second-order valence-corrected chi connectivity index (χ2v) is 4.67. The van der Waals surface area contributed by atoms with Crippen LogP contribution in [0.2, 0.25) is 0 Å². The highest BCUT2D eigenvalue weighted by molar-refractivity contribution is 8.01. The summed E-state index contributed by atoms with van der Waals surface area (Å²) in [5, 5.41) is 0.226. The van der Waals surface area contributed by atoms with Crippen LogP contribution in [0.25, 0.3) is 0 Å². The number of nitrogens with two attached hydrogens (primary N) is 1. The van der Waals surface area contributed by atoms with E-state index in [9.17, 15) is 0 Å². The predicted octanol–water partition coefficient (Wildman–Crippen LogP) is 1.74. The fraction of sp³-hybridized carbons (Fsp3) is 0.182. The lowest BCUT2D eigenvalue weighted by atomic mass is 10.1. The van der Waals surface area contributed by atoms with Crippen molar-refractivity contribution in [2.45, 2.75) is 10.7 Å². The topological polar surface area (TPSA) is 47.6 Å². The Labute approximate surface area is 92.0 Å². The first-order chi connectivity index (χ1) is 7.34. The molecule has 0 bridgehead atoms. The monoisotopic (exact) mass is 218 g/mol. The lowest BCUT2D eigenvalue weighted by Gasteiger charge is -2.06. The van der Waals surface area contributed by atoms with Gasteiger partial charge in [-0.15, -0.1) is 11.8 Å². The normalized spacial score (nSPS) is 27.4. The summed E-state index contributed by atoms with van der Waals surface area (Å²) in [7, 11) is 0. The Morgan fingerprint density at radius 1 is 1.33 bits per heavy atom. The maximum absolute atomic E-state index is 5.80. The molecule has 0 aliphatic carbocycles. The molecule has 2 N–H and O–H groups in total. The molecule has 2 aliphatic rings. The minimum atomic E-state index is -0.152. The van der Waals surface area contributed by atoms with Crippen LogP contribution in [0, 0.1) is 0 Å². The lowest BCUT2D eigenvalue weighted by molar-refractivity contribution is 0.481. The summed E-state index contributed by atoms with van der Waals surface area (Å²) in [5.74, 6) is 0.852. The molecule has 2 atom stereocenters. The van der Waals surface area contributed by atoms with Gasteiger partial charge in [0.2, 0.25) is 0 Å². The van der Waals surface area contributed by atoms with E-state index in [1.165, 1.54) is 0 Å². The molecule has 3 nitrogen and oxygen atoms in total. The Morgan fingerprint density at radius 2 is 2.20 bits per heavy atom. The van der Waals surface area contributed by atoms with Crippen LogP contribution >= 0.6 is 11.8 Å². The van der Waals surface area contributed by atoms with Crippen molar-refractivity contribution >= 4 is 17.5 Å². The van der Waals surface area contributed by atoms with Crippen LogP contribution in [0.15, 0.2) is 41.6 Å². The van der Waals surface area contributed by atoms with Gasteiger partial charge < -0.3 is 10.5 Å². The van der Waals surface area contributed by atoms with Gasteiger partial charge in [0, 0.05) is 5.56 Å². The Morgan fingerprint density at radius 3 is 3.13 bits per heavy atom. The molecule has 2 aliphatic heterocycles. The van der Waals surface area contributed by atoms with E-state index in [1.807, 2.05) is 30.3 Å². The fourth-order valence-electron chi connectivity index (χ4n) is 1.78. The molecule has 2 heterocycles. The molecule has 1 aromatic carbocycles. The van der Waals surface area contributed by atoms with Crippen molar-refractivity contribution in [1.82, 2.24) is 0 Å². The number of ether oxygens (including phenoxy) is 1. The first-order valence-corrected chi connectivity index (χ1v) is 5.70. The van der Waals surface area contributed by atoms with E-state index in [0.29, 0.717) is 0 Å². The van der Waals surface area contributed by atoms with E-state index in [4.69, 9.17) is 10.5 Å². The zero-order valence-corrected chi connectivity index (χ0v) is 8.78. The molecule has 4 heteroatoms. The van der Waals surface area contributed by atoms with Crippen LogP contribution in [0.5, 0.6) is 5.75 Å². The summed E-state index contributed by atoms with van der Waals surface area (Å²) in [6.07, 6.45) is 3.72. The quantitative estimate of drug-likeness (QED) is 0.721. The first-order valence-electron chi connectivity index (χ1n) is 4.76. The van der Waals surface area contributed by atoms with E-state index in [1.54, 1.807) is 18.0 Å². The zero-order valence-electron chi connectivity index (χ0n) is 7.96. The maximum atomic E-state index is 5.80. The third kappa shape index (κ3) is 1.46. The minimum absolute atomic E-state index is 0.152. The molecular formula is C11H10N2OS. The number of aliphatic imine (C=N–C) groups is 1. The second-order valence-electron chi connectivity index (χ2n) is 3.40. The van der Waals surface area contributed by atoms with E-state index in [0.717, 1.165) is 17.0 Å². The molecule has 0 spiro atoms. The molecule has 0 fully saturated rings. The maximum Gasteiger partial charge on any atom is 0.145 e.